The molecule has 4 nitrogen and oxygen atoms in total. The van der Waals surface area contributed by atoms with Gasteiger partial charge in [-0.25, -0.2) is 4.98 Å². The minimum absolute atomic E-state index is 0.0515. The third-order valence-electron chi connectivity index (χ3n) is 6.68. The largest absolute Gasteiger partial charge is 0.356 e. The molecule has 3 aromatic rings. The highest BCUT2D eigenvalue weighted by molar-refractivity contribution is 9.10. The van der Waals surface area contributed by atoms with Gasteiger partial charge < -0.3 is 10.2 Å². The number of piperidine rings is 1. The first kappa shape index (κ1) is 26.5. The number of rotatable bonds is 7. The second-order valence-corrected chi connectivity index (χ2v) is 11.2. The van der Waals surface area contributed by atoms with E-state index in [4.69, 9.17) is 39.8 Å². The Morgan fingerprint density at radius 3 is 2.54 bits per heavy atom. The van der Waals surface area contributed by atoms with Gasteiger partial charge in [0.1, 0.15) is 5.82 Å². The van der Waals surface area contributed by atoms with Gasteiger partial charge >= 0.3 is 0 Å². The fourth-order valence-electron chi connectivity index (χ4n) is 4.94. The summed E-state index contributed by atoms with van der Waals surface area (Å²) in [6, 6.07) is 9.36. The first-order chi connectivity index (χ1) is 16.8. The number of aromatic nitrogens is 1. The summed E-state index contributed by atoms with van der Waals surface area (Å²) in [7, 11) is 0. The molecule has 1 unspecified atom stereocenters. The molecular formula is C27H29BrCl3N3O. The molecule has 1 aliphatic heterocycles. The van der Waals surface area contributed by atoms with Gasteiger partial charge in [0.05, 0.1) is 21.1 Å². The number of benzene rings is 2. The van der Waals surface area contributed by atoms with E-state index in [9.17, 15) is 4.79 Å². The Morgan fingerprint density at radius 2 is 1.83 bits per heavy atom. The van der Waals surface area contributed by atoms with Gasteiger partial charge in [-0.3, -0.25) is 4.79 Å². The monoisotopic (exact) mass is 595 g/mol. The van der Waals surface area contributed by atoms with Crippen LogP contribution in [-0.4, -0.2) is 30.5 Å². The molecule has 2 aromatic carbocycles. The molecule has 8 heteroatoms. The number of nitrogens with zero attached hydrogens (tertiary/aromatic N) is 2. The number of fused-ring (bicyclic) bond motifs is 1. The van der Waals surface area contributed by atoms with Crippen LogP contribution in [0.25, 0.3) is 10.9 Å². The van der Waals surface area contributed by atoms with Crippen molar-refractivity contribution in [1.82, 2.24) is 10.3 Å². The van der Waals surface area contributed by atoms with Gasteiger partial charge in [0.25, 0.3) is 5.91 Å². The zero-order valence-corrected chi connectivity index (χ0v) is 23.8. The van der Waals surface area contributed by atoms with Crippen LogP contribution in [0.2, 0.25) is 15.1 Å². The van der Waals surface area contributed by atoms with Crippen LogP contribution >= 0.6 is 50.7 Å². The van der Waals surface area contributed by atoms with Crippen molar-refractivity contribution < 1.29 is 4.79 Å². The van der Waals surface area contributed by atoms with Crippen LogP contribution in [0.4, 0.5) is 5.82 Å². The van der Waals surface area contributed by atoms with E-state index < -0.39 is 0 Å². The molecule has 0 radical (unpaired) electrons. The SMILES string of the molecule is CCCC(CNC(=O)c1c(C)c(N2CCCCC2)nc2ccc(Br)cc12)c1c(Cl)ccc(Cl)c1Cl. The second kappa shape index (κ2) is 11.7. The van der Waals surface area contributed by atoms with Crippen LogP contribution in [0.15, 0.2) is 34.8 Å². The van der Waals surface area contributed by atoms with E-state index in [1.165, 1.54) is 6.42 Å². The van der Waals surface area contributed by atoms with Crippen LogP contribution in [0.1, 0.15) is 66.4 Å². The van der Waals surface area contributed by atoms with E-state index in [0.29, 0.717) is 27.2 Å². The summed E-state index contributed by atoms with van der Waals surface area (Å²) in [5.41, 5.74) is 3.17. The standard InChI is InChI=1S/C27H29BrCl3N3O/c1-3-7-17(24-20(29)9-10-21(30)25(24)31)15-32-27(35)23-16(2)26(34-12-5-4-6-13-34)33-22-11-8-18(28)14-19(22)23/h8-11,14,17H,3-7,12-13,15H2,1-2H3,(H,32,35). The molecule has 0 aliphatic carbocycles. The molecule has 0 bridgehead atoms. The number of hydrogen-bond acceptors (Lipinski definition) is 3. The third-order valence-corrected chi connectivity index (χ3v) is 8.32. The molecule has 35 heavy (non-hydrogen) atoms. The molecule has 1 N–H and O–H groups in total. The molecule has 4 rings (SSSR count). The van der Waals surface area contributed by atoms with Gasteiger partial charge in [-0.05, 0) is 68.5 Å². The third kappa shape index (κ3) is 5.74. The Balaban J connectivity index is 1.70. The number of nitrogens with one attached hydrogen (secondary N) is 1. The Bertz CT molecular complexity index is 1240. The average Bonchev–Trinajstić information content (AvgIpc) is 2.85. The van der Waals surface area contributed by atoms with Gasteiger partial charge in [-0.2, -0.15) is 0 Å². The lowest BCUT2D eigenvalue weighted by Crippen LogP contribution is -2.33. The summed E-state index contributed by atoms with van der Waals surface area (Å²) >= 11 is 22.9. The van der Waals surface area contributed by atoms with Crippen LogP contribution in [0.5, 0.6) is 0 Å². The quantitative estimate of drug-likeness (QED) is 0.278. The van der Waals surface area contributed by atoms with Crippen molar-refractivity contribution in [3.05, 3.63) is 66.6 Å². The summed E-state index contributed by atoms with van der Waals surface area (Å²) in [6.07, 6.45) is 5.25. The Hall–Kier alpha value is -1.53. The molecule has 0 saturated carbocycles. The Labute approximate surface area is 230 Å². The summed E-state index contributed by atoms with van der Waals surface area (Å²) < 4.78 is 0.910. The van der Waals surface area contributed by atoms with Crippen molar-refractivity contribution in [2.75, 3.05) is 24.5 Å². The number of halogens is 4. The number of carbonyl (C=O) groups is 1. The average molecular weight is 598 g/mol. The predicted molar refractivity (Wildman–Crippen MR) is 152 cm³/mol. The molecule has 1 saturated heterocycles. The first-order valence-corrected chi connectivity index (χ1v) is 14.0. The molecule has 2 heterocycles. The van der Waals surface area contributed by atoms with Crippen molar-refractivity contribution in [2.45, 2.75) is 51.9 Å². The van der Waals surface area contributed by atoms with E-state index in [1.807, 2.05) is 25.1 Å². The van der Waals surface area contributed by atoms with E-state index in [2.05, 4.69) is 33.1 Å². The van der Waals surface area contributed by atoms with Crippen LogP contribution in [0.3, 0.4) is 0 Å². The second-order valence-electron chi connectivity index (χ2n) is 9.10. The maximum atomic E-state index is 13.7. The predicted octanol–water partition coefficient (Wildman–Crippen LogP) is 8.57. The topological polar surface area (TPSA) is 45.2 Å². The normalized spacial score (nSPS) is 14.9. The van der Waals surface area contributed by atoms with Crippen molar-refractivity contribution in [3.63, 3.8) is 0 Å². The zero-order valence-electron chi connectivity index (χ0n) is 19.9. The maximum absolute atomic E-state index is 13.7. The number of anilines is 1. The summed E-state index contributed by atoms with van der Waals surface area (Å²) in [4.78, 5) is 21.0. The van der Waals surface area contributed by atoms with Gasteiger partial charge in [-0.1, -0.05) is 64.1 Å². The minimum Gasteiger partial charge on any atom is -0.356 e. The summed E-state index contributed by atoms with van der Waals surface area (Å²) in [6.45, 7) is 6.43. The van der Waals surface area contributed by atoms with Crippen molar-refractivity contribution in [2.24, 2.45) is 0 Å². The van der Waals surface area contributed by atoms with Gasteiger partial charge in [0, 0.05) is 46.0 Å². The molecule has 1 amide bonds. The number of carbonyl (C=O) groups excluding carboxylic acids is 1. The van der Waals surface area contributed by atoms with E-state index in [0.717, 1.165) is 71.1 Å². The van der Waals surface area contributed by atoms with Crippen LogP contribution in [0, 0.1) is 6.92 Å². The number of hydrogen-bond donors (Lipinski definition) is 1. The molecular weight excluding hydrogens is 569 g/mol. The number of amides is 1. The zero-order chi connectivity index (χ0) is 25.1. The highest BCUT2D eigenvalue weighted by Gasteiger charge is 2.25. The lowest BCUT2D eigenvalue weighted by molar-refractivity contribution is 0.0951. The van der Waals surface area contributed by atoms with Crippen molar-refractivity contribution in [1.29, 1.82) is 0 Å². The van der Waals surface area contributed by atoms with Crippen molar-refractivity contribution >= 4 is 73.4 Å². The molecule has 0 spiro atoms. The fraction of sp³-hybridized carbons (Fsp3) is 0.407. The smallest absolute Gasteiger partial charge is 0.252 e. The number of pyridine rings is 1. The fourth-order valence-corrected chi connectivity index (χ4v) is 6.15. The van der Waals surface area contributed by atoms with Crippen LogP contribution in [-0.2, 0) is 0 Å². The Morgan fingerprint density at radius 1 is 1.11 bits per heavy atom. The van der Waals surface area contributed by atoms with E-state index >= 15 is 0 Å². The summed E-state index contributed by atoms with van der Waals surface area (Å²) in [5.74, 6) is 0.724. The van der Waals surface area contributed by atoms with Gasteiger partial charge in [0.15, 0.2) is 0 Å². The highest BCUT2D eigenvalue weighted by Crippen LogP contribution is 2.38. The molecule has 1 atom stereocenters. The van der Waals surface area contributed by atoms with E-state index in [1.54, 1.807) is 12.1 Å². The molecule has 186 valence electrons. The minimum atomic E-state index is -0.123. The maximum Gasteiger partial charge on any atom is 0.252 e. The van der Waals surface area contributed by atoms with Gasteiger partial charge in [0.2, 0.25) is 0 Å². The van der Waals surface area contributed by atoms with E-state index in [-0.39, 0.29) is 11.8 Å². The first-order valence-electron chi connectivity index (χ1n) is 12.1. The lowest BCUT2D eigenvalue weighted by atomic mass is 9.93. The molecule has 1 aromatic heterocycles. The van der Waals surface area contributed by atoms with Gasteiger partial charge in [-0.15, -0.1) is 0 Å². The van der Waals surface area contributed by atoms with Crippen molar-refractivity contribution in [3.8, 4) is 0 Å². The highest BCUT2D eigenvalue weighted by atomic mass is 79.9. The molecule has 1 fully saturated rings. The molecule has 1 aliphatic rings. The summed E-state index contributed by atoms with van der Waals surface area (Å²) in [5, 5.41) is 5.49. The van der Waals surface area contributed by atoms with Crippen LogP contribution < -0.4 is 10.2 Å². The lowest BCUT2D eigenvalue weighted by Gasteiger charge is -2.30. The Kier molecular flexibility index (Phi) is 8.85.